The van der Waals surface area contributed by atoms with E-state index in [0.29, 0.717) is 23.7 Å². The first-order valence-electron chi connectivity index (χ1n) is 5.74. The van der Waals surface area contributed by atoms with Crippen molar-refractivity contribution in [3.63, 3.8) is 0 Å². The molecule has 8 nitrogen and oxygen atoms in total. The van der Waals surface area contributed by atoms with Crippen LogP contribution in [0.2, 0.25) is 0 Å². The number of benzene rings is 1. The van der Waals surface area contributed by atoms with Crippen LogP contribution in [0.3, 0.4) is 0 Å². The summed E-state index contributed by atoms with van der Waals surface area (Å²) in [6.45, 7) is 0. The molecule has 1 fully saturated rings. The van der Waals surface area contributed by atoms with E-state index in [1.54, 1.807) is 0 Å². The second-order valence-electron chi connectivity index (χ2n) is 4.01. The summed E-state index contributed by atoms with van der Waals surface area (Å²) in [6.07, 6.45) is 0.748. The van der Waals surface area contributed by atoms with Gasteiger partial charge < -0.3 is 5.11 Å². The van der Waals surface area contributed by atoms with E-state index in [4.69, 9.17) is 5.11 Å². The highest BCUT2D eigenvalue weighted by molar-refractivity contribution is 9.08. The Bertz CT molecular complexity index is 587. The van der Waals surface area contributed by atoms with Crippen molar-refractivity contribution in [3.05, 3.63) is 39.4 Å². The van der Waals surface area contributed by atoms with E-state index in [1.165, 1.54) is 12.1 Å². The van der Waals surface area contributed by atoms with Crippen molar-refractivity contribution >= 4 is 39.4 Å². The number of aromatic carboxylic acids is 1. The Morgan fingerprint density at radius 2 is 1.90 bits per heavy atom. The van der Waals surface area contributed by atoms with Gasteiger partial charge >= 0.3 is 5.97 Å². The highest BCUT2D eigenvalue weighted by Crippen LogP contribution is 2.22. The van der Waals surface area contributed by atoms with Crippen LogP contribution in [0.15, 0.2) is 18.2 Å². The fourth-order valence-electron chi connectivity index (χ4n) is 1.49. The Labute approximate surface area is 127 Å². The molecular weight excluding hydrogens is 348 g/mol. The van der Waals surface area contributed by atoms with Gasteiger partial charge in [0.2, 0.25) is 11.8 Å². The van der Waals surface area contributed by atoms with Crippen LogP contribution in [-0.2, 0) is 14.9 Å². The predicted octanol–water partition coefficient (Wildman–Crippen LogP) is 1.61. The number of hydrogen-bond donors (Lipinski definition) is 2. The molecule has 1 aliphatic rings. The number of rotatable bonds is 3. The van der Waals surface area contributed by atoms with Crippen LogP contribution < -0.4 is 5.32 Å². The van der Waals surface area contributed by atoms with Crippen LogP contribution >= 0.6 is 15.9 Å². The fourth-order valence-corrected chi connectivity index (χ4v) is 1.96. The maximum atomic E-state index is 10.5. The van der Waals surface area contributed by atoms with E-state index >= 15 is 0 Å². The molecule has 0 bridgehead atoms. The van der Waals surface area contributed by atoms with Gasteiger partial charge in [0.15, 0.2) is 0 Å². The minimum absolute atomic E-state index is 0.0820. The third-order valence-corrected chi connectivity index (χ3v) is 3.13. The molecule has 21 heavy (non-hydrogen) atoms. The third-order valence-electron chi connectivity index (χ3n) is 2.53. The smallest absolute Gasteiger partial charge is 0.335 e. The van der Waals surface area contributed by atoms with Crippen molar-refractivity contribution in [3.8, 4) is 0 Å². The van der Waals surface area contributed by atoms with Crippen molar-refractivity contribution in [1.82, 2.24) is 5.32 Å². The average Bonchev–Trinajstić information content (AvgIpc) is 2.82. The summed E-state index contributed by atoms with van der Waals surface area (Å²) in [4.78, 5) is 40.7. The molecule has 9 heteroatoms. The third kappa shape index (κ3) is 4.95. The van der Waals surface area contributed by atoms with Gasteiger partial charge in [-0.05, 0) is 6.07 Å². The predicted molar refractivity (Wildman–Crippen MR) is 75.1 cm³/mol. The number of nitro groups is 1. The number of carbonyl (C=O) groups is 3. The number of nitrogens with zero attached hydrogens (tertiary/aromatic N) is 1. The van der Waals surface area contributed by atoms with Gasteiger partial charge in [-0.2, -0.15) is 0 Å². The molecule has 0 aliphatic carbocycles. The molecule has 2 amide bonds. The molecule has 1 aliphatic heterocycles. The summed E-state index contributed by atoms with van der Waals surface area (Å²) in [5.74, 6) is -1.47. The van der Waals surface area contributed by atoms with Gasteiger partial charge in [-0.3, -0.25) is 25.0 Å². The first-order chi connectivity index (χ1) is 9.85. The summed E-state index contributed by atoms with van der Waals surface area (Å²) in [6, 6.07) is 3.82. The summed E-state index contributed by atoms with van der Waals surface area (Å²) in [5, 5.41) is 21.6. The zero-order chi connectivity index (χ0) is 16.0. The number of carboxylic acid groups (broad SMARTS) is 1. The first kappa shape index (κ1) is 16.8. The van der Waals surface area contributed by atoms with E-state index in [9.17, 15) is 24.5 Å². The number of carbonyl (C=O) groups excluding carboxylic acids is 2. The van der Waals surface area contributed by atoms with Crippen molar-refractivity contribution < 1.29 is 24.4 Å². The SMILES string of the molecule is O=C(O)c1ccc(CBr)c([N+](=O)[O-])c1.O=C1CCC(=O)N1. The van der Waals surface area contributed by atoms with E-state index in [-0.39, 0.29) is 23.1 Å². The number of nitrogens with one attached hydrogen (secondary N) is 1. The Morgan fingerprint density at radius 1 is 1.33 bits per heavy atom. The van der Waals surface area contributed by atoms with Gasteiger partial charge in [0.1, 0.15) is 0 Å². The quantitative estimate of drug-likeness (QED) is 0.365. The molecule has 1 saturated heterocycles. The molecule has 0 spiro atoms. The van der Waals surface area contributed by atoms with Crippen LogP contribution in [0.1, 0.15) is 28.8 Å². The fraction of sp³-hybridized carbons (Fsp3) is 0.250. The Kier molecular flexibility index (Phi) is 5.97. The zero-order valence-corrected chi connectivity index (χ0v) is 12.3. The molecule has 2 N–H and O–H groups in total. The Morgan fingerprint density at radius 3 is 2.24 bits per heavy atom. The molecular formula is C12H11BrN2O6. The molecule has 1 aromatic carbocycles. The lowest BCUT2D eigenvalue weighted by atomic mass is 10.1. The van der Waals surface area contributed by atoms with Gasteiger partial charge in [0.05, 0.1) is 10.5 Å². The van der Waals surface area contributed by atoms with E-state index in [0.717, 1.165) is 6.07 Å². The molecule has 1 aromatic rings. The molecule has 0 aromatic heterocycles. The minimum Gasteiger partial charge on any atom is -0.478 e. The molecule has 0 atom stereocenters. The van der Waals surface area contributed by atoms with Crippen LogP contribution in [-0.4, -0.2) is 27.8 Å². The number of hydrogen-bond acceptors (Lipinski definition) is 5. The van der Waals surface area contributed by atoms with Crippen LogP contribution in [0.5, 0.6) is 0 Å². The van der Waals surface area contributed by atoms with Gasteiger partial charge in [0, 0.05) is 29.8 Å². The van der Waals surface area contributed by atoms with Crippen molar-refractivity contribution in [2.45, 2.75) is 18.2 Å². The molecule has 1 heterocycles. The normalized spacial score (nSPS) is 13.2. The van der Waals surface area contributed by atoms with Crippen LogP contribution in [0.25, 0.3) is 0 Å². The summed E-state index contributed by atoms with van der Waals surface area (Å²) < 4.78 is 0. The largest absolute Gasteiger partial charge is 0.478 e. The van der Waals surface area contributed by atoms with E-state index in [1.807, 2.05) is 0 Å². The maximum absolute atomic E-state index is 10.5. The Hall–Kier alpha value is -2.29. The lowest BCUT2D eigenvalue weighted by Crippen LogP contribution is -2.18. The molecule has 0 unspecified atom stereocenters. The van der Waals surface area contributed by atoms with Crippen molar-refractivity contribution in [2.75, 3.05) is 0 Å². The highest BCUT2D eigenvalue weighted by Gasteiger charge is 2.16. The first-order valence-corrected chi connectivity index (χ1v) is 6.86. The highest BCUT2D eigenvalue weighted by atomic mass is 79.9. The standard InChI is InChI=1S/C8H6BrNO4.C4H5NO2/c9-4-6-2-1-5(8(11)12)3-7(6)10(13)14;6-3-1-2-4(7)5-3/h1-3H,4H2,(H,11,12);1-2H2,(H,5,6,7). The van der Waals surface area contributed by atoms with Gasteiger partial charge in [-0.1, -0.05) is 22.0 Å². The number of carboxylic acids is 1. The number of nitro benzene ring substituents is 1. The molecule has 2 rings (SSSR count). The van der Waals surface area contributed by atoms with E-state index < -0.39 is 10.9 Å². The van der Waals surface area contributed by atoms with Crippen LogP contribution in [0, 0.1) is 10.1 Å². The second kappa shape index (κ2) is 7.48. The maximum Gasteiger partial charge on any atom is 0.335 e. The zero-order valence-electron chi connectivity index (χ0n) is 10.7. The molecule has 0 saturated carbocycles. The number of halogens is 1. The summed E-state index contributed by atoms with van der Waals surface area (Å²) in [7, 11) is 0. The number of alkyl halides is 1. The molecule has 112 valence electrons. The lowest BCUT2D eigenvalue weighted by molar-refractivity contribution is -0.385. The van der Waals surface area contributed by atoms with Crippen molar-refractivity contribution in [1.29, 1.82) is 0 Å². The molecule has 0 radical (unpaired) electrons. The van der Waals surface area contributed by atoms with Crippen molar-refractivity contribution in [2.24, 2.45) is 0 Å². The lowest BCUT2D eigenvalue weighted by Gasteiger charge is -1.99. The van der Waals surface area contributed by atoms with Gasteiger partial charge in [-0.25, -0.2) is 4.79 Å². The summed E-state index contributed by atoms with van der Waals surface area (Å²) in [5.41, 5.74) is 0.197. The second-order valence-corrected chi connectivity index (χ2v) is 4.57. The average molecular weight is 359 g/mol. The number of imide groups is 1. The topological polar surface area (TPSA) is 127 Å². The Balaban J connectivity index is 0.000000262. The van der Waals surface area contributed by atoms with Gasteiger partial charge in [-0.15, -0.1) is 0 Å². The van der Waals surface area contributed by atoms with Gasteiger partial charge in [0.25, 0.3) is 5.69 Å². The summed E-state index contributed by atoms with van der Waals surface area (Å²) >= 11 is 3.09. The monoisotopic (exact) mass is 358 g/mol. The minimum atomic E-state index is -1.17. The van der Waals surface area contributed by atoms with Crippen LogP contribution in [0.4, 0.5) is 5.69 Å². The number of amides is 2. The van der Waals surface area contributed by atoms with E-state index in [2.05, 4.69) is 21.2 Å².